The second-order valence-corrected chi connectivity index (χ2v) is 17.2. The van der Waals surface area contributed by atoms with E-state index in [2.05, 4.69) is 50.4 Å². The lowest BCUT2D eigenvalue weighted by atomic mass is 10.0. The van der Waals surface area contributed by atoms with Crippen LogP contribution in [0, 0.1) is 0 Å². The van der Waals surface area contributed by atoms with Gasteiger partial charge in [0.2, 0.25) is 5.91 Å². The molecule has 0 saturated carbocycles. The topological polar surface area (TPSA) is 95.9 Å². The lowest BCUT2D eigenvalue weighted by Gasteiger charge is -2.24. The van der Waals surface area contributed by atoms with Gasteiger partial charge in [-0.25, -0.2) is 0 Å². The van der Waals surface area contributed by atoms with E-state index < -0.39 is 18.2 Å². The molecule has 3 atom stereocenters. The minimum atomic E-state index is -0.786. The van der Waals surface area contributed by atoms with E-state index in [9.17, 15) is 19.8 Å². The summed E-state index contributed by atoms with van der Waals surface area (Å²) in [5.41, 5.74) is 0. The highest BCUT2D eigenvalue weighted by molar-refractivity contribution is 5.77. The first-order chi connectivity index (χ1) is 28.0. The monoisotopic (exact) mass is 804 g/mol. The SMILES string of the molecule is CC/C=C/C/C=C/CCCCCCCC(CC(=O)NC(CO)C(O)CCCCCCCCCCCCCCC)OC(=O)CCCCCCCCCCCCCCC. The highest BCUT2D eigenvalue weighted by Crippen LogP contribution is 2.18. The minimum absolute atomic E-state index is 0.0730. The molecule has 0 saturated heterocycles. The molecule has 1 amide bonds. The molecule has 0 aromatic heterocycles. The minimum Gasteiger partial charge on any atom is -0.462 e. The Kier molecular flexibility index (Phi) is 44.1. The second kappa shape index (κ2) is 45.4. The van der Waals surface area contributed by atoms with Gasteiger partial charge in [0.15, 0.2) is 0 Å². The third kappa shape index (κ3) is 40.9. The number of allylic oxidation sites excluding steroid dienone is 4. The Bertz CT molecular complexity index is 904. The third-order valence-electron chi connectivity index (χ3n) is 11.5. The number of esters is 1. The fraction of sp³-hybridized carbons (Fsp3) is 0.882. The molecule has 3 N–H and O–H groups in total. The number of hydrogen-bond donors (Lipinski definition) is 3. The summed E-state index contributed by atoms with van der Waals surface area (Å²) in [6, 6.07) is -0.700. The number of amides is 1. The highest BCUT2D eigenvalue weighted by Gasteiger charge is 2.24. The Morgan fingerprint density at radius 1 is 0.526 bits per heavy atom. The van der Waals surface area contributed by atoms with E-state index in [4.69, 9.17) is 4.74 Å². The van der Waals surface area contributed by atoms with Crippen LogP contribution in [-0.4, -0.2) is 46.9 Å². The number of hydrogen-bond acceptors (Lipinski definition) is 5. The summed E-state index contributed by atoms with van der Waals surface area (Å²) in [6.07, 6.45) is 50.9. The number of aliphatic hydroxyl groups is 2. The number of unbranched alkanes of at least 4 members (excludes halogenated alkanes) is 29. The summed E-state index contributed by atoms with van der Waals surface area (Å²) >= 11 is 0. The molecule has 0 bridgehead atoms. The van der Waals surface area contributed by atoms with E-state index in [0.29, 0.717) is 19.3 Å². The van der Waals surface area contributed by atoms with Crippen molar-refractivity contribution >= 4 is 11.9 Å². The van der Waals surface area contributed by atoms with Gasteiger partial charge in [0.25, 0.3) is 0 Å². The molecular formula is C51H97NO5. The summed E-state index contributed by atoms with van der Waals surface area (Å²) < 4.78 is 5.92. The average Bonchev–Trinajstić information content (AvgIpc) is 3.20. The number of aliphatic hydroxyl groups excluding tert-OH is 2. The van der Waals surface area contributed by atoms with Crippen molar-refractivity contribution in [2.75, 3.05) is 6.61 Å². The fourth-order valence-electron chi connectivity index (χ4n) is 7.76. The molecule has 3 unspecified atom stereocenters. The molecule has 0 aliphatic carbocycles. The lowest BCUT2D eigenvalue weighted by Crippen LogP contribution is -2.46. The predicted molar refractivity (Wildman–Crippen MR) is 246 cm³/mol. The second-order valence-electron chi connectivity index (χ2n) is 17.2. The van der Waals surface area contributed by atoms with Crippen LogP contribution in [0.4, 0.5) is 0 Å². The van der Waals surface area contributed by atoms with Crippen molar-refractivity contribution in [3.63, 3.8) is 0 Å². The van der Waals surface area contributed by atoms with Crippen LogP contribution in [0.2, 0.25) is 0 Å². The molecule has 0 aromatic rings. The quantitative estimate of drug-likeness (QED) is 0.0324. The Hall–Kier alpha value is -1.66. The van der Waals surface area contributed by atoms with Crippen molar-refractivity contribution < 1.29 is 24.5 Å². The molecule has 0 heterocycles. The van der Waals surface area contributed by atoms with Gasteiger partial charge in [0.1, 0.15) is 6.10 Å². The zero-order valence-electron chi connectivity index (χ0n) is 38.2. The van der Waals surface area contributed by atoms with Crippen LogP contribution in [0.3, 0.4) is 0 Å². The van der Waals surface area contributed by atoms with Crippen LogP contribution in [0.1, 0.15) is 265 Å². The fourth-order valence-corrected chi connectivity index (χ4v) is 7.76. The molecule has 0 rings (SSSR count). The standard InChI is InChI=1S/C51H97NO5/c1-4-7-10-13-16-19-22-25-28-31-34-37-40-43-49(54)48(46-53)52-50(55)45-47(42-39-36-33-30-27-24-21-18-15-12-9-6-3)57-51(56)44-41-38-35-32-29-26-23-20-17-14-11-8-5-2/h9,12,18,21,47-49,53-54H,4-8,10-11,13-17,19-20,22-46H2,1-3H3,(H,52,55)/b12-9+,21-18+. The van der Waals surface area contributed by atoms with Crippen molar-refractivity contribution in [1.82, 2.24) is 5.32 Å². The maximum absolute atomic E-state index is 13.2. The Labute approximate surface area is 354 Å². The number of carbonyl (C=O) groups excluding carboxylic acids is 2. The van der Waals surface area contributed by atoms with E-state index in [0.717, 1.165) is 70.6 Å². The molecule has 0 fully saturated rings. The highest BCUT2D eigenvalue weighted by atomic mass is 16.5. The molecule has 0 aliphatic heterocycles. The Morgan fingerprint density at radius 2 is 0.947 bits per heavy atom. The molecular weight excluding hydrogens is 707 g/mol. The van der Waals surface area contributed by atoms with Gasteiger partial charge in [-0.1, -0.05) is 225 Å². The summed E-state index contributed by atoms with van der Waals surface area (Å²) in [4.78, 5) is 26.1. The molecule has 6 nitrogen and oxygen atoms in total. The van der Waals surface area contributed by atoms with E-state index in [1.165, 1.54) is 148 Å². The van der Waals surface area contributed by atoms with Crippen molar-refractivity contribution in [3.8, 4) is 0 Å². The molecule has 0 spiro atoms. The van der Waals surface area contributed by atoms with E-state index in [1.807, 2.05) is 0 Å². The van der Waals surface area contributed by atoms with Crippen LogP contribution in [0.5, 0.6) is 0 Å². The number of rotatable bonds is 45. The van der Waals surface area contributed by atoms with Crippen molar-refractivity contribution in [2.45, 2.75) is 283 Å². The van der Waals surface area contributed by atoms with Crippen molar-refractivity contribution in [3.05, 3.63) is 24.3 Å². The predicted octanol–water partition coefficient (Wildman–Crippen LogP) is 14.7. The summed E-state index contributed by atoms with van der Waals surface area (Å²) in [6.45, 7) is 6.38. The van der Waals surface area contributed by atoms with Gasteiger partial charge >= 0.3 is 5.97 Å². The average molecular weight is 804 g/mol. The van der Waals surface area contributed by atoms with Crippen LogP contribution >= 0.6 is 0 Å². The number of ether oxygens (including phenoxy) is 1. The molecule has 0 aromatic carbocycles. The summed E-state index contributed by atoms with van der Waals surface area (Å²) in [5.74, 6) is -0.476. The van der Waals surface area contributed by atoms with Gasteiger partial charge in [-0.2, -0.15) is 0 Å². The van der Waals surface area contributed by atoms with Gasteiger partial charge < -0.3 is 20.3 Å². The maximum atomic E-state index is 13.2. The molecule has 336 valence electrons. The Morgan fingerprint density at radius 3 is 1.42 bits per heavy atom. The van der Waals surface area contributed by atoms with Crippen LogP contribution in [0.15, 0.2) is 24.3 Å². The van der Waals surface area contributed by atoms with Gasteiger partial charge in [-0.15, -0.1) is 0 Å². The van der Waals surface area contributed by atoms with E-state index in [1.54, 1.807) is 0 Å². The van der Waals surface area contributed by atoms with Crippen LogP contribution in [-0.2, 0) is 14.3 Å². The molecule has 0 aliphatic rings. The molecule has 57 heavy (non-hydrogen) atoms. The van der Waals surface area contributed by atoms with Crippen LogP contribution in [0.25, 0.3) is 0 Å². The first-order valence-electron chi connectivity index (χ1n) is 25.1. The largest absolute Gasteiger partial charge is 0.462 e. The van der Waals surface area contributed by atoms with Gasteiger partial charge in [0.05, 0.1) is 25.2 Å². The van der Waals surface area contributed by atoms with Crippen molar-refractivity contribution in [1.29, 1.82) is 0 Å². The zero-order valence-corrected chi connectivity index (χ0v) is 38.2. The summed E-state index contributed by atoms with van der Waals surface area (Å²) in [5, 5.41) is 23.7. The number of carbonyl (C=O) groups is 2. The summed E-state index contributed by atoms with van der Waals surface area (Å²) in [7, 11) is 0. The normalized spacial score (nSPS) is 13.4. The third-order valence-corrected chi connectivity index (χ3v) is 11.5. The van der Waals surface area contributed by atoms with Crippen LogP contribution < -0.4 is 5.32 Å². The van der Waals surface area contributed by atoms with Gasteiger partial charge in [-0.05, 0) is 51.4 Å². The Balaban J connectivity index is 4.54. The maximum Gasteiger partial charge on any atom is 0.306 e. The van der Waals surface area contributed by atoms with Gasteiger partial charge in [-0.3, -0.25) is 9.59 Å². The van der Waals surface area contributed by atoms with E-state index >= 15 is 0 Å². The molecule has 6 heteroatoms. The van der Waals surface area contributed by atoms with Crippen molar-refractivity contribution in [2.24, 2.45) is 0 Å². The first kappa shape index (κ1) is 55.3. The zero-order chi connectivity index (χ0) is 41.7. The first-order valence-corrected chi connectivity index (χ1v) is 25.1. The molecule has 0 radical (unpaired) electrons. The smallest absolute Gasteiger partial charge is 0.306 e. The van der Waals surface area contributed by atoms with E-state index in [-0.39, 0.29) is 24.9 Å². The number of nitrogens with one attached hydrogen (secondary N) is 1. The lowest BCUT2D eigenvalue weighted by molar-refractivity contribution is -0.151. The van der Waals surface area contributed by atoms with Gasteiger partial charge in [0, 0.05) is 6.42 Å².